The molecular weight excluding hydrogens is 388 g/mol. The lowest BCUT2D eigenvalue weighted by Crippen LogP contribution is -2.64. The molecular formula is C27H36O4. The molecule has 6 rings (SSSR count). The summed E-state index contributed by atoms with van der Waals surface area (Å²) < 4.78 is 5.78. The van der Waals surface area contributed by atoms with Gasteiger partial charge in [-0.05, 0) is 91.2 Å². The maximum atomic E-state index is 12.3. The highest BCUT2D eigenvalue weighted by molar-refractivity contribution is 5.41. The van der Waals surface area contributed by atoms with Gasteiger partial charge in [-0.15, -0.1) is 0 Å². The number of rotatable bonds is 3. The Morgan fingerprint density at radius 2 is 1.81 bits per heavy atom. The predicted molar refractivity (Wildman–Crippen MR) is 119 cm³/mol. The number of fused-ring (bicyclic) bond motifs is 2. The van der Waals surface area contributed by atoms with E-state index in [1.54, 1.807) is 19.3 Å². The van der Waals surface area contributed by atoms with Crippen molar-refractivity contribution in [2.75, 3.05) is 7.11 Å². The van der Waals surface area contributed by atoms with Crippen LogP contribution < -0.4 is 0 Å². The highest BCUT2D eigenvalue weighted by Crippen LogP contribution is 2.86. The monoisotopic (exact) mass is 424 g/mol. The van der Waals surface area contributed by atoms with Crippen LogP contribution in [-0.2, 0) is 11.2 Å². The van der Waals surface area contributed by atoms with Crippen molar-refractivity contribution in [3.05, 3.63) is 41.7 Å². The SMILES string of the molecule is CO[C@@H]1C=C(O)[C@H]2[C@@H]3C[C@H]4CC[C@]5(CC[C@@H](Cc6ccccc6O)C5)[C@]3(C)[C@@]4(C)[C@@]12O. The van der Waals surface area contributed by atoms with E-state index in [-0.39, 0.29) is 22.2 Å². The molecule has 0 aromatic heterocycles. The van der Waals surface area contributed by atoms with Crippen molar-refractivity contribution in [3.63, 3.8) is 0 Å². The van der Waals surface area contributed by atoms with Gasteiger partial charge in [-0.1, -0.05) is 32.0 Å². The third-order valence-electron chi connectivity index (χ3n) is 11.5. The van der Waals surface area contributed by atoms with E-state index in [4.69, 9.17) is 4.74 Å². The first-order valence-electron chi connectivity index (χ1n) is 12.2. The van der Waals surface area contributed by atoms with Crippen LogP contribution in [0.15, 0.2) is 36.1 Å². The first-order chi connectivity index (χ1) is 14.7. The summed E-state index contributed by atoms with van der Waals surface area (Å²) in [6.07, 6.45) is 9.30. The standard InChI is InChI=1S/C27H36O4/c1-24-18-9-11-26(10-8-16(15-26)12-17-6-4-5-7-20(17)28)25(24,2)19(13-18)23-21(29)14-22(31-3)27(23,24)30/h4-7,14,16,18-19,22-23,28-30H,8-13,15H2,1-3H3/t16-,18+,19-,22+,23+,24-,25-,26-,27+/m0/s1. The summed E-state index contributed by atoms with van der Waals surface area (Å²) in [6, 6.07) is 7.75. The lowest BCUT2D eigenvalue weighted by Gasteiger charge is -2.61. The summed E-state index contributed by atoms with van der Waals surface area (Å²) in [5, 5.41) is 33.5. The third kappa shape index (κ3) is 2.02. The first-order valence-corrected chi connectivity index (χ1v) is 12.2. The van der Waals surface area contributed by atoms with Gasteiger partial charge in [-0.3, -0.25) is 0 Å². The Hall–Kier alpha value is -1.52. The molecule has 4 fully saturated rings. The number of para-hydroxylation sites is 1. The molecule has 5 aliphatic carbocycles. The molecule has 4 nitrogen and oxygen atoms in total. The van der Waals surface area contributed by atoms with Gasteiger partial charge < -0.3 is 20.1 Å². The predicted octanol–water partition coefficient (Wildman–Crippen LogP) is 5.00. The van der Waals surface area contributed by atoms with Crippen LogP contribution in [0, 0.1) is 39.9 Å². The number of ether oxygens (including phenoxy) is 1. The maximum absolute atomic E-state index is 12.3. The normalized spacial score (nSPS) is 52.0. The van der Waals surface area contributed by atoms with Crippen molar-refractivity contribution in [1.82, 2.24) is 0 Å². The van der Waals surface area contributed by atoms with Crippen LogP contribution in [0.25, 0.3) is 0 Å². The summed E-state index contributed by atoms with van der Waals surface area (Å²) in [5.41, 5.74) is -0.0576. The number of hydrogen-bond donors (Lipinski definition) is 3. The topological polar surface area (TPSA) is 69.9 Å². The molecule has 0 amide bonds. The van der Waals surface area contributed by atoms with Crippen LogP contribution in [0.5, 0.6) is 5.75 Å². The molecule has 4 bridgehead atoms. The van der Waals surface area contributed by atoms with Gasteiger partial charge in [-0.2, -0.15) is 0 Å². The van der Waals surface area contributed by atoms with E-state index in [2.05, 4.69) is 19.9 Å². The van der Waals surface area contributed by atoms with E-state index in [1.807, 2.05) is 12.1 Å². The Morgan fingerprint density at radius 3 is 2.55 bits per heavy atom. The van der Waals surface area contributed by atoms with E-state index in [0.29, 0.717) is 29.3 Å². The maximum Gasteiger partial charge on any atom is 0.118 e. The smallest absolute Gasteiger partial charge is 0.118 e. The van der Waals surface area contributed by atoms with Crippen molar-refractivity contribution in [2.45, 2.75) is 70.5 Å². The fourth-order valence-electron chi connectivity index (χ4n) is 10.1. The number of aromatic hydroxyl groups is 1. The average molecular weight is 425 g/mol. The molecule has 31 heavy (non-hydrogen) atoms. The number of methoxy groups -OCH3 is 1. The van der Waals surface area contributed by atoms with Crippen molar-refractivity contribution in [3.8, 4) is 5.75 Å². The quantitative estimate of drug-likeness (QED) is 0.639. The zero-order valence-electron chi connectivity index (χ0n) is 19.0. The summed E-state index contributed by atoms with van der Waals surface area (Å²) in [7, 11) is 1.66. The minimum atomic E-state index is -1.02. The molecule has 4 heteroatoms. The van der Waals surface area contributed by atoms with E-state index < -0.39 is 11.7 Å². The van der Waals surface area contributed by atoms with E-state index in [0.717, 1.165) is 31.2 Å². The summed E-state index contributed by atoms with van der Waals surface area (Å²) in [4.78, 5) is 0. The van der Waals surface area contributed by atoms with Crippen molar-refractivity contribution in [1.29, 1.82) is 0 Å². The second-order valence-corrected chi connectivity index (χ2v) is 11.8. The van der Waals surface area contributed by atoms with Gasteiger partial charge in [0.25, 0.3) is 0 Å². The minimum absolute atomic E-state index is 0.0190. The van der Waals surface area contributed by atoms with Gasteiger partial charge in [0, 0.05) is 12.5 Å². The summed E-state index contributed by atoms with van der Waals surface area (Å²) >= 11 is 0. The third-order valence-corrected chi connectivity index (χ3v) is 11.5. The van der Waals surface area contributed by atoms with Crippen LogP contribution in [-0.4, -0.2) is 34.1 Å². The van der Waals surface area contributed by atoms with Gasteiger partial charge >= 0.3 is 0 Å². The van der Waals surface area contributed by atoms with Gasteiger partial charge in [0.15, 0.2) is 0 Å². The molecule has 1 aromatic rings. The molecule has 9 atom stereocenters. The molecule has 0 heterocycles. The molecule has 168 valence electrons. The van der Waals surface area contributed by atoms with E-state index >= 15 is 0 Å². The number of aliphatic hydroxyl groups is 2. The van der Waals surface area contributed by atoms with E-state index in [9.17, 15) is 15.3 Å². The Balaban J connectivity index is 1.39. The van der Waals surface area contributed by atoms with Gasteiger partial charge in [-0.25, -0.2) is 0 Å². The molecule has 0 radical (unpaired) electrons. The second-order valence-electron chi connectivity index (χ2n) is 11.8. The first kappa shape index (κ1) is 20.1. The van der Waals surface area contributed by atoms with Crippen LogP contribution in [0.4, 0.5) is 0 Å². The molecule has 4 saturated carbocycles. The number of aliphatic hydroxyl groups excluding tert-OH is 1. The molecule has 1 spiro atoms. The second kappa shape index (κ2) is 6.08. The Morgan fingerprint density at radius 1 is 1.06 bits per heavy atom. The Kier molecular flexibility index (Phi) is 3.94. The van der Waals surface area contributed by atoms with Crippen LogP contribution in [0.1, 0.15) is 57.9 Å². The number of phenols is 1. The number of phenolic OH excluding ortho intramolecular Hbond substituents is 1. The molecule has 0 unspecified atom stereocenters. The average Bonchev–Trinajstić information content (AvgIpc) is 3.36. The largest absolute Gasteiger partial charge is 0.512 e. The van der Waals surface area contributed by atoms with Crippen LogP contribution in [0.2, 0.25) is 0 Å². The molecule has 3 N–H and O–H groups in total. The number of benzene rings is 1. The van der Waals surface area contributed by atoms with Crippen LogP contribution >= 0.6 is 0 Å². The fourth-order valence-corrected chi connectivity index (χ4v) is 10.1. The molecule has 1 aromatic carbocycles. The lowest BCUT2D eigenvalue weighted by atomic mass is 9.44. The molecule has 5 aliphatic rings. The van der Waals surface area contributed by atoms with Gasteiger partial charge in [0.05, 0.1) is 11.7 Å². The lowest BCUT2D eigenvalue weighted by molar-refractivity contribution is -0.218. The summed E-state index contributed by atoms with van der Waals surface area (Å²) in [5.74, 6) is 1.92. The van der Waals surface area contributed by atoms with E-state index in [1.165, 1.54) is 19.3 Å². The highest BCUT2D eigenvalue weighted by atomic mass is 16.5. The van der Waals surface area contributed by atoms with Gasteiger partial charge in [0.2, 0.25) is 0 Å². The molecule has 0 saturated heterocycles. The zero-order chi connectivity index (χ0) is 21.8. The molecule has 0 aliphatic heterocycles. The zero-order valence-corrected chi connectivity index (χ0v) is 19.0. The number of hydrogen-bond acceptors (Lipinski definition) is 4. The van der Waals surface area contributed by atoms with Crippen molar-refractivity contribution >= 4 is 0 Å². The fraction of sp³-hybridized carbons (Fsp3) is 0.704. The van der Waals surface area contributed by atoms with Crippen molar-refractivity contribution < 1.29 is 20.1 Å². The van der Waals surface area contributed by atoms with Crippen LogP contribution in [0.3, 0.4) is 0 Å². The van der Waals surface area contributed by atoms with Gasteiger partial charge in [0.1, 0.15) is 17.5 Å². The highest BCUT2D eigenvalue weighted by Gasteiger charge is 2.86. The van der Waals surface area contributed by atoms with Crippen molar-refractivity contribution in [2.24, 2.45) is 39.9 Å². The summed E-state index contributed by atoms with van der Waals surface area (Å²) in [6.45, 7) is 4.78. The Bertz CT molecular complexity index is 956. The Labute approximate surface area is 185 Å². The minimum Gasteiger partial charge on any atom is -0.512 e.